The Morgan fingerprint density at radius 1 is 1.16 bits per heavy atom. The Bertz CT molecular complexity index is 935. The number of hydrogen-bond acceptors (Lipinski definition) is 4. The van der Waals surface area contributed by atoms with Gasteiger partial charge in [0, 0.05) is 26.1 Å². The molecule has 2 unspecified atom stereocenters. The summed E-state index contributed by atoms with van der Waals surface area (Å²) in [5, 5.41) is 2.98. The van der Waals surface area contributed by atoms with Crippen LogP contribution in [0.1, 0.15) is 36.0 Å². The molecule has 31 heavy (non-hydrogen) atoms. The standard InChI is InChI=1S/C25H30N2O4/c1-17-5-8-19(9-6-17)14-27-15-20(13-24(27)28)25(29)26-22-10-7-18(2)12-23(22)31-16-21-4-3-11-30-21/h5-10,12,20-21H,3-4,11,13-16H2,1-2H3,(H,26,29). The van der Waals surface area contributed by atoms with E-state index < -0.39 is 0 Å². The molecule has 0 spiro atoms. The topological polar surface area (TPSA) is 67.9 Å². The predicted octanol–water partition coefficient (Wildman–Crippen LogP) is 3.85. The number of benzene rings is 2. The van der Waals surface area contributed by atoms with Crippen LogP contribution in [-0.4, -0.2) is 42.6 Å². The summed E-state index contributed by atoms with van der Waals surface area (Å²) in [5.41, 5.74) is 3.95. The van der Waals surface area contributed by atoms with E-state index in [-0.39, 0.29) is 30.3 Å². The number of likely N-dealkylation sites (tertiary alicyclic amines) is 1. The second-order valence-corrected chi connectivity index (χ2v) is 8.60. The number of amides is 2. The predicted molar refractivity (Wildman–Crippen MR) is 119 cm³/mol. The molecule has 0 radical (unpaired) electrons. The number of anilines is 1. The van der Waals surface area contributed by atoms with Crippen LogP contribution in [0.5, 0.6) is 5.75 Å². The van der Waals surface area contributed by atoms with Gasteiger partial charge in [0.05, 0.1) is 17.7 Å². The van der Waals surface area contributed by atoms with Crippen molar-refractivity contribution in [1.29, 1.82) is 0 Å². The van der Waals surface area contributed by atoms with Crippen LogP contribution in [0.3, 0.4) is 0 Å². The highest BCUT2D eigenvalue weighted by Crippen LogP contribution is 2.29. The fourth-order valence-corrected chi connectivity index (χ4v) is 4.06. The molecular weight excluding hydrogens is 392 g/mol. The average molecular weight is 423 g/mol. The second-order valence-electron chi connectivity index (χ2n) is 8.60. The van der Waals surface area contributed by atoms with Gasteiger partial charge in [-0.15, -0.1) is 0 Å². The van der Waals surface area contributed by atoms with E-state index in [9.17, 15) is 9.59 Å². The Kier molecular flexibility index (Phi) is 6.56. The van der Waals surface area contributed by atoms with Crippen molar-refractivity contribution in [1.82, 2.24) is 4.90 Å². The number of carbonyl (C=O) groups is 2. The van der Waals surface area contributed by atoms with E-state index in [4.69, 9.17) is 9.47 Å². The molecule has 0 aromatic heterocycles. The van der Waals surface area contributed by atoms with Crippen molar-refractivity contribution in [2.45, 2.75) is 45.8 Å². The monoisotopic (exact) mass is 422 g/mol. The molecule has 0 saturated carbocycles. The van der Waals surface area contributed by atoms with Gasteiger partial charge in [-0.25, -0.2) is 0 Å². The third-order valence-electron chi connectivity index (χ3n) is 5.92. The van der Waals surface area contributed by atoms with E-state index in [0.717, 1.165) is 30.6 Å². The van der Waals surface area contributed by atoms with Crippen LogP contribution in [-0.2, 0) is 20.9 Å². The van der Waals surface area contributed by atoms with Crippen LogP contribution in [0.4, 0.5) is 5.69 Å². The van der Waals surface area contributed by atoms with Gasteiger partial charge < -0.3 is 19.7 Å². The van der Waals surface area contributed by atoms with Crippen molar-refractivity contribution in [2.24, 2.45) is 5.92 Å². The largest absolute Gasteiger partial charge is 0.489 e. The molecule has 2 fully saturated rings. The van der Waals surface area contributed by atoms with Crippen LogP contribution in [0, 0.1) is 19.8 Å². The van der Waals surface area contributed by atoms with E-state index in [1.807, 2.05) is 56.3 Å². The Hall–Kier alpha value is -2.86. The maximum absolute atomic E-state index is 12.9. The fraction of sp³-hybridized carbons (Fsp3) is 0.440. The van der Waals surface area contributed by atoms with E-state index in [2.05, 4.69) is 5.32 Å². The third-order valence-corrected chi connectivity index (χ3v) is 5.92. The molecular formula is C25H30N2O4. The molecule has 4 rings (SSSR count). The van der Waals surface area contributed by atoms with Crippen molar-refractivity contribution in [3.05, 3.63) is 59.2 Å². The number of nitrogens with one attached hydrogen (secondary N) is 1. The number of hydrogen-bond donors (Lipinski definition) is 1. The highest BCUT2D eigenvalue weighted by molar-refractivity contribution is 5.98. The Morgan fingerprint density at radius 2 is 1.94 bits per heavy atom. The van der Waals surface area contributed by atoms with Crippen LogP contribution in [0.25, 0.3) is 0 Å². The van der Waals surface area contributed by atoms with Crippen LogP contribution in [0.2, 0.25) is 0 Å². The lowest BCUT2D eigenvalue weighted by atomic mass is 10.1. The van der Waals surface area contributed by atoms with Gasteiger partial charge in [-0.1, -0.05) is 35.9 Å². The summed E-state index contributed by atoms with van der Waals surface area (Å²) in [6, 6.07) is 13.9. The first kappa shape index (κ1) is 21.4. The number of ether oxygens (including phenoxy) is 2. The molecule has 6 heteroatoms. The minimum atomic E-state index is -0.370. The van der Waals surface area contributed by atoms with Crippen molar-refractivity contribution >= 4 is 17.5 Å². The number of aryl methyl sites for hydroxylation is 2. The molecule has 2 aliphatic heterocycles. The van der Waals surface area contributed by atoms with E-state index in [0.29, 0.717) is 31.1 Å². The van der Waals surface area contributed by atoms with Crippen molar-refractivity contribution < 1.29 is 19.1 Å². The van der Waals surface area contributed by atoms with Crippen molar-refractivity contribution in [2.75, 3.05) is 25.1 Å². The Morgan fingerprint density at radius 3 is 2.68 bits per heavy atom. The minimum absolute atomic E-state index is 0.0134. The van der Waals surface area contributed by atoms with E-state index >= 15 is 0 Å². The third kappa shape index (κ3) is 5.44. The van der Waals surface area contributed by atoms with E-state index in [1.165, 1.54) is 5.56 Å². The maximum atomic E-state index is 12.9. The molecule has 2 aliphatic rings. The fourth-order valence-electron chi connectivity index (χ4n) is 4.06. The highest BCUT2D eigenvalue weighted by atomic mass is 16.5. The number of carbonyl (C=O) groups excluding carboxylic acids is 2. The normalized spacial score (nSPS) is 20.8. The molecule has 0 bridgehead atoms. The smallest absolute Gasteiger partial charge is 0.229 e. The zero-order valence-corrected chi connectivity index (χ0v) is 18.2. The summed E-state index contributed by atoms with van der Waals surface area (Å²) >= 11 is 0. The summed E-state index contributed by atoms with van der Waals surface area (Å²) in [6.45, 7) is 6.23. The summed E-state index contributed by atoms with van der Waals surface area (Å²) in [5.74, 6) is 0.139. The quantitative estimate of drug-likeness (QED) is 0.736. The van der Waals surface area contributed by atoms with Crippen LogP contribution in [0.15, 0.2) is 42.5 Å². The average Bonchev–Trinajstić information content (AvgIpc) is 3.40. The van der Waals surface area contributed by atoms with Crippen LogP contribution < -0.4 is 10.1 Å². The summed E-state index contributed by atoms with van der Waals surface area (Å²) in [7, 11) is 0. The SMILES string of the molecule is Cc1ccc(CN2CC(C(=O)Nc3ccc(C)cc3OCC3CCCO3)CC2=O)cc1. The lowest BCUT2D eigenvalue weighted by Gasteiger charge is -2.18. The molecule has 6 nitrogen and oxygen atoms in total. The first-order valence-corrected chi connectivity index (χ1v) is 11.0. The Labute approximate surface area is 183 Å². The zero-order valence-electron chi connectivity index (χ0n) is 18.2. The van der Waals surface area contributed by atoms with Crippen molar-refractivity contribution in [3.8, 4) is 5.75 Å². The summed E-state index contributed by atoms with van der Waals surface area (Å²) in [6.07, 6.45) is 2.39. The lowest BCUT2D eigenvalue weighted by molar-refractivity contribution is -0.128. The molecule has 1 N–H and O–H groups in total. The van der Waals surface area contributed by atoms with Crippen LogP contribution >= 0.6 is 0 Å². The van der Waals surface area contributed by atoms with Crippen molar-refractivity contribution in [3.63, 3.8) is 0 Å². The van der Waals surface area contributed by atoms with Gasteiger partial charge in [0.15, 0.2) is 0 Å². The van der Waals surface area contributed by atoms with Gasteiger partial charge in [-0.2, -0.15) is 0 Å². The molecule has 2 atom stereocenters. The molecule has 164 valence electrons. The second kappa shape index (κ2) is 9.52. The highest BCUT2D eigenvalue weighted by Gasteiger charge is 2.34. The van der Waals surface area contributed by atoms with Gasteiger partial charge in [-0.05, 0) is 49.9 Å². The first-order valence-electron chi connectivity index (χ1n) is 11.0. The molecule has 2 saturated heterocycles. The van der Waals surface area contributed by atoms with Gasteiger partial charge in [0.25, 0.3) is 0 Å². The molecule has 2 heterocycles. The Balaban J connectivity index is 1.37. The number of rotatable bonds is 7. The first-order chi connectivity index (χ1) is 15.0. The van der Waals surface area contributed by atoms with Gasteiger partial charge in [-0.3, -0.25) is 9.59 Å². The van der Waals surface area contributed by atoms with E-state index in [1.54, 1.807) is 4.90 Å². The molecule has 2 aromatic rings. The molecule has 2 amide bonds. The summed E-state index contributed by atoms with van der Waals surface area (Å²) < 4.78 is 11.6. The minimum Gasteiger partial charge on any atom is -0.489 e. The molecule has 0 aliphatic carbocycles. The lowest BCUT2D eigenvalue weighted by Crippen LogP contribution is -2.28. The number of nitrogens with zero attached hydrogens (tertiary/aromatic N) is 1. The maximum Gasteiger partial charge on any atom is 0.229 e. The van der Waals surface area contributed by atoms with Gasteiger partial charge in [0.2, 0.25) is 11.8 Å². The van der Waals surface area contributed by atoms with Gasteiger partial charge >= 0.3 is 0 Å². The summed E-state index contributed by atoms with van der Waals surface area (Å²) in [4.78, 5) is 27.2. The van der Waals surface area contributed by atoms with Gasteiger partial charge in [0.1, 0.15) is 12.4 Å². The zero-order chi connectivity index (χ0) is 21.8. The molecule has 2 aromatic carbocycles.